The monoisotopic (exact) mass is 412 g/mol. The van der Waals surface area contributed by atoms with E-state index in [0.717, 1.165) is 0 Å². The summed E-state index contributed by atoms with van der Waals surface area (Å²) in [5, 5.41) is 0. The van der Waals surface area contributed by atoms with Crippen LogP contribution in [0, 0.1) is 0 Å². The summed E-state index contributed by atoms with van der Waals surface area (Å²) in [6.45, 7) is 2.14. The van der Waals surface area contributed by atoms with Gasteiger partial charge in [-0.15, -0.1) is 0 Å². The lowest BCUT2D eigenvalue weighted by molar-refractivity contribution is -0.468. The van der Waals surface area contributed by atoms with Crippen LogP contribution in [-0.2, 0) is 4.74 Å². The Morgan fingerprint density at radius 2 is 0.760 bits per heavy atom. The molecule has 0 atom stereocenters. The van der Waals surface area contributed by atoms with Crippen molar-refractivity contribution in [2.24, 2.45) is 0 Å². The molecule has 0 spiro atoms. The van der Waals surface area contributed by atoms with Gasteiger partial charge in [0.1, 0.15) is 0 Å². The summed E-state index contributed by atoms with van der Waals surface area (Å²) in [5.74, 6) is -40.4. The zero-order valence-corrected chi connectivity index (χ0v) is 10.9. The summed E-state index contributed by atoms with van der Waals surface area (Å²) in [4.78, 5) is 0. The van der Waals surface area contributed by atoms with Gasteiger partial charge in [0.25, 0.3) is 0 Å². The van der Waals surface area contributed by atoms with Crippen LogP contribution >= 0.6 is 0 Å². The molecule has 0 radical (unpaired) electrons. The van der Waals surface area contributed by atoms with E-state index >= 15 is 0 Å². The fourth-order valence-electron chi connectivity index (χ4n) is 1.13. The van der Waals surface area contributed by atoms with Crippen LogP contribution in [0.4, 0.5) is 65.9 Å². The van der Waals surface area contributed by atoms with Crippen molar-refractivity contribution in [2.75, 3.05) is 0 Å². The zero-order valence-electron chi connectivity index (χ0n) is 10.9. The molecule has 0 aliphatic carbocycles. The number of rotatable bonds is 7. The number of hydrogen-bond acceptors (Lipinski definition) is 1. The van der Waals surface area contributed by atoms with Crippen molar-refractivity contribution in [3.8, 4) is 0 Å². The highest BCUT2D eigenvalue weighted by Crippen LogP contribution is 2.62. The second-order valence-corrected chi connectivity index (χ2v) is 4.17. The second-order valence-electron chi connectivity index (χ2n) is 4.17. The average molecular weight is 412 g/mol. The van der Waals surface area contributed by atoms with Crippen LogP contribution in [0.1, 0.15) is 0 Å². The van der Waals surface area contributed by atoms with Gasteiger partial charge in [0.2, 0.25) is 0 Å². The van der Waals surface area contributed by atoms with E-state index in [2.05, 4.69) is 11.3 Å². The first-order valence-corrected chi connectivity index (χ1v) is 5.18. The molecule has 0 bridgehead atoms. The first-order chi connectivity index (χ1) is 10.6. The van der Waals surface area contributed by atoms with E-state index in [1.54, 1.807) is 0 Å². The van der Waals surface area contributed by atoms with E-state index in [1.807, 2.05) is 0 Å². The molecule has 0 unspecified atom stereocenters. The largest absolute Gasteiger partial charge is 0.470 e. The lowest BCUT2D eigenvalue weighted by atomic mass is 9.93. The molecule has 0 amide bonds. The fraction of sp³-hybridized carbons (Fsp3) is 0.778. The summed E-state index contributed by atoms with van der Waals surface area (Å²) in [7, 11) is 0. The molecule has 16 heteroatoms. The molecule has 0 rings (SSSR count). The maximum Gasteiger partial charge on any atom is 0.470 e. The maximum absolute atomic E-state index is 12.9. The van der Waals surface area contributed by atoms with E-state index in [9.17, 15) is 65.9 Å². The predicted octanol–water partition coefficient (Wildman–Crippen LogP) is 5.48. The zero-order chi connectivity index (χ0) is 20.9. The Bertz CT molecular complexity index is 502. The highest BCUT2D eigenvalue weighted by Gasteiger charge is 2.94. The average Bonchev–Trinajstić information content (AvgIpc) is 2.35. The van der Waals surface area contributed by atoms with Gasteiger partial charge in [-0.05, 0) is 0 Å². The molecule has 0 saturated carbocycles. The first-order valence-electron chi connectivity index (χ1n) is 5.18. The first kappa shape index (κ1) is 23.5. The third-order valence-electron chi connectivity index (χ3n) is 2.53. The lowest BCUT2D eigenvalue weighted by Crippen LogP contribution is -2.72. The smallest absolute Gasteiger partial charge is 0.436 e. The molecule has 0 aliphatic rings. The van der Waals surface area contributed by atoms with E-state index < -0.39 is 48.2 Å². The lowest BCUT2D eigenvalue weighted by Gasteiger charge is -2.40. The number of hydrogen-bond donors (Lipinski definition) is 0. The van der Waals surface area contributed by atoms with E-state index in [0.29, 0.717) is 0 Å². The van der Waals surface area contributed by atoms with Crippen LogP contribution in [-0.4, -0.2) is 41.9 Å². The van der Waals surface area contributed by atoms with Gasteiger partial charge in [-0.25, -0.2) is 0 Å². The van der Waals surface area contributed by atoms with Crippen molar-refractivity contribution in [2.45, 2.75) is 41.9 Å². The van der Waals surface area contributed by atoms with Gasteiger partial charge < -0.3 is 4.74 Å². The normalized spacial score (nSPS) is 16.0. The van der Waals surface area contributed by atoms with Crippen molar-refractivity contribution < 1.29 is 70.6 Å². The standard InChI is InChI=1S/C9H3F15O/c1-2-25-9(23,24)7(18,19)5(14,15)3(10,11)4(12,13)6(16,17)8(20,21)22/h2H,1H2. The summed E-state index contributed by atoms with van der Waals surface area (Å²) in [6, 6.07) is 0. The van der Waals surface area contributed by atoms with Crippen LogP contribution in [0.15, 0.2) is 12.8 Å². The molecule has 0 heterocycles. The third kappa shape index (κ3) is 2.96. The molecule has 1 nitrogen and oxygen atoms in total. The van der Waals surface area contributed by atoms with Gasteiger partial charge in [-0.2, -0.15) is 65.9 Å². The Morgan fingerprint density at radius 3 is 1.04 bits per heavy atom. The number of halogens is 15. The highest BCUT2D eigenvalue weighted by molar-refractivity contribution is 5.11. The Labute approximate surface area is 127 Å². The van der Waals surface area contributed by atoms with Crippen molar-refractivity contribution in [3.63, 3.8) is 0 Å². The van der Waals surface area contributed by atoms with Gasteiger partial charge in [0.05, 0.1) is 6.26 Å². The van der Waals surface area contributed by atoms with E-state index in [4.69, 9.17) is 0 Å². The van der Waals surface area contributed by atoms with Crippen LogP contribution in [0.25, 0.3) is 0 Å². The molecule has 0 aliphatic heterocycles. The number of ether oxygens (including phenoxy) is 1. The van der Waals surface area contributed by atoms with Crippen LogP contribution in [0.3, 0.4) is 0 Å². The second kappa shape index (κ2) is 5.75. The summed E-state index contributed by atoms with van der Waals surface area (Å²) >= 11 is 0. The maximum atomic E-state index is 12.9. The molecule has 0 saturated heterocycles. The molecule has 0 aromatic heterocycles. The van der Waals surface area contributed by atoms with Crippen LogP contribution in [0.2, 0.25) is 0 Å². The minimum Gasteiger partial charge on any atom is -0.436 e. The van der Waals surface area contributed by atoms with Gasteiger partial charge in [-0.1, -0.05) is 6.58 Å². The molecule has 0 aromatic carbocycles. The van der Waals surface area contributed by atoms with Crippen LogP contribution < -0.4 is 0 Å². The van der Waals surface area contributed by atoms with E-state index in [-0.39, 0.29) is 0 Å². The fourth-order valence-corrected chi connectivity index (χ4v) is 1.13. The molecule has 25 heavy (non-hydrogen) atoms. The molecular formula is C9H3F15O. The van der Waals surface area contributed by atoms with E-state index in [1.165, 1.54) is 0 Å². The quantitative estimate of drug-likeness (QED) is 0.398. The third-order valence-corrected chi connectivity index (χ3v) is 2.53. The summed E-state index contributed by atoms with van der Waals surface area (Å²) in [6.07, 6.45) is -15.1. The Balaban J connectivity index is 6.44. The Kier molecular flexibility index (Phi) is 5.41. The van der Waals surface area contributed by atoms with Crippen molar-refractivity contribution in [1.29, 1.82) is 0 Å². The Morgan fingerprint density at radius 1 is 0.480 bits per heavy atom. The summed E-state index contributed by atoms with van der Waals surface area (Å²) < 4.78 is 191. The SMILES string of the molecule is C=COC(F)(F)C(F)(F)C(F)(F)C(F)(F)C(F)(F)C(F)(F)C(F)(F)F. The minimum atomic E-state index is -8.31. The minimum absolute atomic E-state index is 0.732. The molecular weight excluding hydrogens is 409 g/mol. The molecule has 0 fully saturated rings. The Hall–Kier alpha value is -1.51. The molecule has 150 valence electrons. The molecule has 0 N–H and O–H groups in total. The van der Waals surface area contributed by atoms with Gasteiger partial charge >= 0.3 is 41.9 Å². The van der Waals surface area contributed by atoms with Gasteiger partial charge in [-0.3, -0.25) is 0 Å². The van der Waals surface area contributed by atoms with Crippen molar-refractivity contribution >= 4 is 0 Å². The number of alkyl halides is 15. The van der Waals surface area contributed by atoms with Crippen molar-refractivity contribution in [1.82, 2.24) is 0 Å². The topological polar surface area (TPSA) is 9.23 Å². The highest BCUT2D eigenvalue weighted by atomic mass is 19.4. The van der Waals surface area contributed by atoms with Gasteiger partial charge in [0, 0.05) is 0 Å². The molecule has 0 aromatic rings. The van der Waals surface area contributed by atoms with Crippen molar-refractivity contribution in [3.05, 3.63) is 12.8 Å². The van der Waals surface area contributed by atoms with Crippen LogP contribution in [0.5, 0.6) is 0 Å². The predicted molar refractivity (Wildman–Crippen MR) is 47.0 cm³/mol. The van der Waals surface area contributed by atoms with Gasteiger partial charge in [0.15, 0.2) is 0 Å². The summed E-state index contributed by atoms with van der Waals surface area (Å²) in [5.41, 5.74) is 0.